The van der Waals surface area contributed by atoms with E-state index in [0.29, 0.717) is 11.8 Å². The molecule has 3 heteroatoms. The summed E-state index contributed by atoms with van der Waals surface area (Å²) >= 11 is 0. The fourth-order valence-corrected chi connectivity index (χ4v) is 2.55. The van der Waals surface area contributed by atoms with Gasteiger partial charge in [-0.3, -0.25) is 4.90 Å². The fourth-order valence-electron chi connectivity index (χ4n) is 2.55. The van der Waals surface area contributed by atoms with Gasteiger partial charge in [0, 0.05) is 19.1 Å². The third kappa shape index (κ3) is 3.45. The van der Waals surface area contributed by atoms with Crippen LogP contribution in [0.3, 0.4) is 0 Å². The maximum Gasteiger partial charge on any atom is 0.115 e. The molecule has 0 saturated carbocycles. The number of rotatable bonds is 3. The molecule has 1 unspecified atom stereocenters. The molecule has 1 aliphatic rings. The first-order chi connectivity index (χ1) is 8.29. The highest BCUT2D eigenvalue weighted by Crippen LogP contribution is 2.19. The molecule has 0 aromatic heterocycles. The maximum absolute atomic E-state index is 9.27. The van der Waals surface area contributed by atoms with E-state index >= 15 is 0 Å². The van der Waals surface area contributed by atoms with Gasteiger partial charge in [-0.25, -0.2) is 0 Å². The second-order valence-electron chi connectivity index (χ2n) is 4.88. The Labute approximate surface area is 103 Å². The summed E-state index contributed by atoms with van der Waals surface area (Å²) in [6.45, 7) is 2.84. The molecule has 17 heavy (non-hydrogen) atoms. The van der Waals surface area contributed by atoms with Gasteiger partial charge in [0.2, 0.25) is 0 Å². The van der Waals surface area contributed by atoms with Crippen molar-refractivity contribution in [2.75, 3.05) is 13.1 Å². The van der Waals surface area contributed by atoms with Crippen LogP contribution in [0.1, 0.15) is 31.2 Å². The van der Waals surface area contributed by atoms with Gasteiger partial charge in [-0.05, 0) is 37.1 Å². The van der Waals surface area contributed by atoms with Crippen LogP contribution in [0.5, 0.6) is 5.75 Å². The van der Waals surface area contributed by atoms with Gasteiger partial charge >= 0.3 is 0 Å². The Hall–Kier alpha value is -1.06. The van der Waals surface area contributed by atoms with Crippen molar-refractivity contribution in [1.82, 2.24) is 4.90 Å². The van der Waals surface area contributed by atoms with Crippen LogP contribution in [0.2, 0.25) is 0 Å². The minimum absolute atomic E-state index is 0.333. The van der Waals surface area contributed by atoms with Crippen molar-refractivity contribution in [1.29, 1.82) is 0 Å². The van der Waals surface area contributed by atoms with E-state index in [2.05, 4.69) is 4.90 Å². The number of hydrogen-bond acceptors (Lipinski definition) is 3. The lowest BCUT2D eigenvalue weighted by atomic mass is 10.1. The number of benzene rings is 1. The van der Waals surface area contributed by atoms with Gasteiger partial charge in [0.05, 0.1) is 0 Å². The monoisotopic (exact) mass is 234 g/mol. The third-order valence-electron chi connectivity index (χ3n) is 3.59. The number of nitrogens with zero attached hydrogens (tertiary/aromatic N) is 1. The van der Waals surface area contributed by atoms with Gasteiger partial charge < -0.3 is 10.8 Å². The van der Waals surface area contributed by atoms with Crippen molar-refractivity contribution >= 4 is 0 Å². The molecule has 3 N–H and O–H groups in total. The van der Waals surface area contributed by atoms with Crippen LogP contribution in [-0.2, 0) is 6.54 Å². The lowest BCUT2D eigenvalue weighted by Crippen LogP contribution is -2.39. The number of likely N-dealkylation sites (tertiary alicyclic amines) is 1. The Kier molecular flexibility index (Phi) is 4.40. The summed E-state index contributed by atoms with van der Waals surface area (Å²) in [6.07, 6.45) is 5.11. The van der Waals surface area contributed by atoms with E-state index in [1.54, 1.807) is 12.1 Å². The molecule has 0 spiro atoms. The smallest absolute Gasteiger partial charge is 0.115 e. The van der Waals surface area contributed by atoms with E-state index in [-0.39, 0.29) is 0 Å². The number of aromatic hydroxyl groups is 1. The zero-order valence-electron chi connectivity index (χ0n) is 10.3. The predicted molar refractivity (Wildman–Crippen MR) is 69.8 cm³/mol. The van der Waals surface area contributed by atoms with E-state index in [1.165, 1.54) is 31.2 Å². The highest BCUT2D eigenvalue weighted by atomic mass is 16.3. The molecule has 1 aromatic carbocycles. The molecule has 1 heterocycles. The van der Waals surface area contributed by atoms with Gasteiger partial charge in [-0.15, -0.1) is 0 Å². The number of hydrogen-bond donors (Lipinski definition) is 2. The average Bonchev–Trinajstić information content (AvgIpc) is 2.57. The van der Waals surface area contributed by atoms with Crippen molar-refractivity contribution in [3.05, 3.63) is 29.8 Å². The van der Waals surface area contributed by atoms with E-state index < -0.39 is 0 Å². The molecule has 1 atom stereocenters. The zero-order chi connectivity index (χ0) is 12.1. The lowest BCUT2D eigenvalue weighted by Gasteiger charge is -2.28. The largest absolute Gasteiger partial charge is 0.508 e. The Morgan fingerprint density at radius 2 is 1.94 bits per heavy atom. The van der Waals surface area contributed by atoms with Crippen molar-refractivity contribution in [2.24, 2.45) is 5.73 Å². The molecule has 94 valence electrons. The second kappa shape index (κ2) is 6.03. The molecule has 0 aliphatic carbocycles. The first kappa shape index (κ1) is 12.4. The van der Waals surface area contributed by atoms with Crippen LogP contribution in [0.15, 0.2) is 24.3 Å². The first-order valence-electron chi connectivity index (χ1n) is 6.51. The molecular weight excluding hydrogens is 212 g/mol. The van der Waals surface area contributed by atoms with Gasteiger partial charge in [0.25, 0.3) is 0 Å². The molecule has 3 nitrogen and oxygen atoms in total. The SMILES string of the molecule is NCC1CCCCCN1Cc1ccc(O)cc1. The van der Waals surface area contributed by atoms with Crippen LogP contribution in [0.25, 0.3) is 0 Å². The zero-order valence-corrected chi connectivity index (χ0v) is 10.3. The van der Waals surface area contributed by atoms with E-state index in [1.807, 2.05) is 12.1 Å². The summed E-state index contributed by atoms with van der Waals surface area (Å²) in [4.78, 5) is 2.49. The van der Waals surface area contributed by atoms with Crippen molar-refractivity contribution in [3.63, 3.8) is 0 Å². The molecule has 0 bridgehead atoms. The highest BCUT2D eigenvalue weighted by Gasteiger charge is 2.19. The van der Waals surface area contributed by atoms with Gasteiger partial charge in [0.1, 0.15) is 5.75 Å². The van der Waals surface area contributed by atoms with Gasteiger partial charge in [-0.1, -0.05) is 25.0 Å². The molecule has 1 aliphatic heterocycles. The second-order valence-corrected chi connectivity index (χ2v) is 4.88. The van der Waals surface area contributed by atoms with Crippen molar-refractivity contribution in [2.45, 2.75) is 38.3 Å². The van der Waals surface area contributed by atoms with E-state index in [9.17, 15) is 5.11 Å². The number of phenols is 1. The summed E-state index contributed by atoms with van der Waals surface area (Å²) in [6, 6.07) is 8.02. The predicted octanol–water partition coefficient (Wildman–Crippen LogP) is 2.10. The summed E-state index contributed by atoms with van der Waals surface area (Å²) in [7, 11) is 0. The Morgan fingerprint density at radius 1 is 1.18 bits per heavy atom. The Balaban J connectivity index is 2.01. The average molecular weight is 234 g/mol. The number of nitrogens with two attached hydrogens (primary N) is 1. The quantitative estimate of drug-likeness (QED) is 0.842. The summed E-state index contributed by atoms with van der Waals surface area (Å²) in [5.74, 6) is 0.333. The van der Waals surface area contributed by atoms with Gasteiger partial charge in [0.15, 0.2) is 0 Å². The molecule has 0 radical (unpaired) electrons. The van der Waals surface area contributed by atoms with Crippen LogP contribution in [0, 0.1) is 0 Å². The summed E-state index contributed by atoms with van der Waals surface area (Å²) < 4.78 is 0. The standard InChI is InChI=1S/C14H22N2O/c15-10-13-4-2-1-3-9-16(13)11-12-5-7-14(17)8-6-12/h5-8,13,17H,1-4,9-11,15H2. The van der Waals surface area contributed by atoms with E-state index in [4.69, 9.17) is 5.73 Å². The first-order valence-corrected chi connectivity index (χ1v) is 6.51. The Morgan fingerprint density at radius 3 is 2.65 bits per heavy atom. The highest BCUT2D eigenvalue weighted by molar-refractivity contribution is 5.25. The molecule has 2 rings (SSSR count). The van der Waals surface area contributed by atoms with Crippen molar-refractivity contribution < 1.29 is 5.11 Å². The molecular formula is C14H22N2O. The fraction of sp³-hybridized carbons (Fsp3) is 0.571. The molecule has 1 saturated heterocycles. The molecule has 1 fully saturated rings. The normalized spacial score (nSPS) is 22.3. The number of phenolic OH excluding ortho intramolecular Hbond substituents is 1. The summed E-state index contributed by atoms with van der Waals surface area (Å²) in [5.41, 5.74) is 7.11. The van der Waals surface area contributed by atoms with Crippen molar-refractivity contribution in [3.8, 4) is 5.75 Å². The van der Waals surface area contributed by atoms with E-state index in [0.717, 1.165) is 19.6 Å². The van der Waals surface area contributed by atoms with Crippen LogP contribution >= 0.6 is 0 Å². The summed E-state index contributed by atoms with van der Waals surface area (Å²) in [5, 5.41) is 9.27. The Bertz CT molecular complexity index is 337. The van der Waals surface area contributed by atoms with Crippen LogP contribution in [0.4, 0.5) is 0 Å². The lowest BCUT2D eigenvalue weighted by molar-refractivity contribution is 0.196. The third-order valence-corrected chi connectivity index (χ3v) is 3.59. The maximum atomic E-state index is 9.27. The molecule has 1 aromatic rings. The molecule has 0 amide bonds. The minimum atomic E-state index is 0.333. The topological polar surface area (TPSA) is 49.5 Å². The van der Waals surface area contributed by atoms with Gasteiger partial charge in [-0.2, -0.15) is 0 Å². The minimum Gasteiger partial charge on any atom is -0.508 e. The van der Waals surface area contributed by atoms with Crippen LogP contribution < -0.4 is 5.73 Å². The van der Waals surface area contributed by atoms with Crippen LogP contribution in [-0.4, -0.2) is 29.1 Å².